The number of anilines is 1. The van der Waals surface area contributed by atoms with Crippen molar-refractivity contribution in [2.45, 2.75) is 18.9 Å². The topological polar surface area (TPSA) is 106 Å². The van der Waals surface area contributed by atoms with Crippen LogP contribution in [0.15, 0.2) is 54.9 Å². The van der Waals surface area contributed by atoms with Gasteiger partial charge in [0.25, 0.3) is 17.8 Å². The van der Waals surface area contributed by atoms with Crippen LogP contribution in [-0.4, -0.2) is 54.6 Å². The monoisotopic (exact) mass is 515 g/mol. The number of hydrogen-bond acceptors (Lipinski definition) is 7. The van der Waals surface area contributed by atoms with Crippen LogP contribution in [-0.2, 0) is 4.79 Å². The number of hydrogen-bond donors (Lipinski definition) is 2. The van der Waals surface area contributed by atoms with E-state index in [1.54, 1.807) is 13.1 Å². The van der Waals surface area contributed by atoms with Crippen molar-refractivity contribution in [3.8, 4) is 29.1 Å². The first-order valence-electron chi connectivity index (χ1n) is 12.3. The van der Waals surface area contributed by atoms with Gasteiger partial charge in [0.15, 0.2) is 5.75 Å². The van der Waals surface area contributed by atoms with Crippen LogP contribution < -0.4 is 25.0 Å². The highest BCUT2D eigenvalue weighted by molar-refractivity contribution is 6.03. The van der Waals surface area contributed by atoms with Gasteiger partial charge in [0, 0.05) is 37.0 Å². The standard InChI is InChI=1S/C28H26FN5O4/c1-34-23-15-19(5-4-18-8-12-30-13-9-18)6-7-24(23)37-17-22(28(34)36)33-27(35)21-16-20(10-14-31-21)38-25-3-2-11-32-26(25)29/h2-3,6-7,10-11,14-16,18,22,30H,8-9,12-13,17H2,1H3,(H,33,35). The second-order valence-corrected chi connectivity index (χ2v) is 8.98. The van der Waals surface area contributed by atoms with E-state index in [9.17, 15) is 14.0 Å². The molecule has 2 aromatic heterocycles. The van der Waals surface area contributed by atoms with E-state index in [1.807, 2.05) is 12.1 Å². The molecular formula is C28H26FN5O4. The van der Waals surface area contributed by atoms with Gasteiger partial charge >= 0.3 is 0 Å². The second kappa shape index (κ2) is 11.3. The van der Waals surface area contributed by atoms with Crippen molar-refractivity contribution in [1.29, 1.82) is 0 Å². The minimum Gasteiger partial charge on any atom is -0.489 e. The largest absolute Gasteiger partial charge is 0.489 e. The molecule has 4 heterocycles. The molecule has 0 bridgehead atoms. The van der Waals surface area contributed by atoms with Crippen molar-refractivity contribution >= 4 is 17.5 Å². The van der Waals surface area contributed by atoms with Crippen molar-refractivity contribution in [3.63, 3.8) is 0 Å². The van der Waals surface area contributed by atoms with Crippen molar-refractivity contribution in [1.82, 2.24) is 20.6 Å². The zero-order valence-electron chi connectivity index (χ0n) is 20.7. The maximum atomic E-state index is 13.8. The molecule has 2 aliphatic rings. The number of carbonyl (C=O) groups excluding carboxylic acids is 2. The molecule has 5 rings (SSSR count). The predicted molar refractivity (Wildman–Crippen MR) is 138 cm³/mol. The van der Waals surface area contributed by atoms with E-state index in [1.165, 1.54) is 41.6 Å². The zero-order valence-corrected chi connectivity index (χ0v) is 20.7. The number of nitrogens with zero attached hydrogens (tertiary/aromatic N) is 3. The average Bonchev–Trinajstić information content (AvgIpc) is 3.06. The number of aromatic nitrogens is 2. The number of carbonyl (C=O) groups is 2. The number of rotatable bonds is 4. The normalized spacial score (nSPS) is 17.4. The third-order valence-electron chi connectivity index (χ3n) is 6.34. The van der Waals surface area contributed by atoms with Gasteiger partial charge in [0.2, 0.25) is 0 Å². The van der Waals surface area contributed by atoms with Crippen molar-refractivity contribution in [3.05, 3.63) is 72.1 Å². The molecule has 0 radical (unpaired) electrons. The molecule has 9 nitrogen and oxygen atoms in total. The fourth-order valence-electron chi connectivity index (χ4n) is 4.24. The molecule has 1 atom stereocenters. The summed E-state index contributed by atoms with van der Waals surface area (Å²) in [5.74, 6) is 5.82. The van der Waals surface area contributed by atoms with Crippen LogP contribution in [0, 0.1) is 23.7 Å². The van der Waals surface area contributed by atoms with Gasteiger partial charge in [0.05, 0.1) is 5.69 Å². The number of likely N-dealkylation sites (N-methyl/N-ethyl adjacent to an activating group) is 1. The molecule has 0 saturated carbocycles. The van der Waals surface area contributed by atoms with Crippen LogP contribution in [0.3, 0.4) is 0 Å². The van der Waals surface area contributed by atoms with Crippen LogP contribution >= 0.6 is 0 Å². The van der Waals surface area contributed by atoms with Crippen molar-refractivity contribution in [2.24, 2.45) is 5.92 Å². The molecule has 3 aromatic rings. The number of nitrogens with one attached hydrogen (secondary N) is 2. The Morgan fingerprint density at radius 1 is 1.18 bits per heavy atom. The molecule has 10 heteroatoms. The minimum atomic E-state index is -0.952. The molecule has 1 fully saturated rings. The lowest BCUT2D eigenvalue weighted by Gasteiger charge is -2.20. The lowest BCUT2D eigenvalue weighted by atomic mass is 9.98. The van der Waals surface area contributed by atoms with E-state index in [0.29, 0.717) is 17.4 Å². The van der Waals surface area contributed by atoms with Crippen LogP contribution in [0.1, 0.15) is 28.9 Å². The van der Waals surface area contributed by atoms with E-state index < -0.39 is 17.9 Å². The first-order chi connectivity index (χ1) is 18.5. The number of amides is 2. The molecule has 38 heavy (non-hydrogen) atoms. The summed E-state index contributed by atoms with van der Waals surface area (Å²) < 4.78 is 25.2. The number of pyridine rings is 2. The van der Waals surface area contributed by atoms with Gasteiger partial charge in [-0.05, 0) is 62.3 Å². The highest BCUT2D eigenvalue weighted by Gasteiger charge is 2.31. The fourth-order valence-corrected chi connectivity index (χ4v) is 4.24. The second-order valence-electron chi connectivity index (χ2n) is 8.98. The van der Waals surface area contributed by atoms with E-state index >= 15 is 0 Å². The zero-order chi connectivity index (χ0) is 26.5. The van der Waals surface area contributed by atoms with Crippen LogP contribution in [0.4, 0.5) is 10.1 Å². The molecule has 2 N–H and O–H groups in total. The van der Waals surface area contributed by atoms with E-state index in [0.717, 1.165) is 31.5 Å². The Kier molecular flexibility index (Phi) is 7.47. The first-order valence-corrected chi connectivity index (χ1v) is 12.3. The Labute approximate surface area is 219 Å². The molecule has 2 amide bonds. The minimum absolute atomic E-state index is 0.000476. The van der Waals surface area contributed by atoms with Crippen LogP contribution in [0.2, 0.25) is 0 Å². The maximum absolute atomic E-state index is 13.8. The average molecular weight is 516 g/mol. The summed E-state index contributed by atoms with van der Waals surface area (Å²) in [4.78, 5) is 35.2. The summed E-state index contributed by atoms with van der Waals surface area (Å²) in [6.07, 6.45) is 4.70. The molecular weight excluding hydrogens is 489 g/mol. The Bertz CT molecular complexity index is 1410. The number of ether oxygens (including phenoxy) is 2. The fraction of sp³-hybridized carbons (Fsp3) is 0.286. The number of benzene rings is 1. The Morgan fingerprint density at radius 3 is 2.84 bits per heavy atom. The smallest absolute Gasteiger partial charge is 0.270 e. The van der Waals surface area contributed by atoms with Crippen molar-refractivity contribution in [2.75, 3.05) is 31.6 Å². The first kappa shape index (κ1) is 25.2. The summed E-state index contributed by atoms with van der Waals surface area (Å²) >= 11 is 0. The van der Waals surface area contributed by atoms with Crippen LogP contribution in [0.25, 0.3) is 0 Å². The summed E-state index contributed by atoms with van der Waals surface area (Å²) in [6, 6.07) is 10.3. The predicted octanol–water partition coefficient (Wildman–Crippen LogP) is 2.91. The summed E-state index contributed by atoms with van der Waals surface area (Å²) in [5, 5.41) is 6.01. The number of fused-ring (bicyclic) bond motifs is 1. The third kappa shape index (κ3) is 5.74. The van der Waals surface area contributed by atoms with E-state index in [4.69, 9.17) is 9.47 Å². The molecule has 1 aromatic carbocycles. The summed E-state index contributed by atoms with van der Waals surface area (Å²) in [5.41, 5.74) is 1.37. The molecule has 0 aliphatic carbocycles. The lowest BCUT2D eigenvalue weighted by Crippen LogP contribution is -2.49. The highest BCUT2D eigenvalue weighted by Crippen LogP contribution is 2.31. The van der Waals surface area contributed by atoms with Gasteiger partial charge in [-0.25, -0.2) is 4.98 Å². The van der Waals surface area contributed by atoms with Gasteiger partial charge in [-0.15, -0.1) is 0 Å². The molecule has 0 spiro atoms. The van der Waals surface area contributed by atoms with Gasteiger partial charge in [0.1, 0.15) is 29.8 Å². The maximum Gasteiger partial charge on any atom is 0.270 e. The van der Waals surface area contributed by atoms with Crippen LogP contribution in [0.5, 0.6) is 17.2 Å². The van der Waals surface area contributed by atoms with E-state index in [-0.39, 0.29) is 29.7 Å². The van der Waals surface area contributed by atoms with Gasteiger partial charge in [-0.2, -0.15) is 4.39 Å². The Morgan fingerprint density at radius 2 is 2.03 bits per heavy atom. The molecule has 194 valence electrons. The Balaban J connectivity index is 1.27. The lowest BCUT2D eigenvalue weighted by molar-refractivity contribution is -0.120. The van der Waals surface area contributed by atoms with Crippen molar-refractivity contribution < 1.29 is 23.5 Å². The number of halogens is 1. The van der Waals surface area contributed by atoms with Gasteiger partial charge < -0.3 is 25.0 Å². The molecule has 1 saturated heterocycles. The number of piperidine rings is 1. The summed E-state index contributed by atoms with van der Waals surface area (Å²) in [6.45, 7) is 1.88. The SMILES string of the molecule is CN1C(=O)C(NC(=O)c2cc(Oc3cccnc3F)ccn2)COc2ccc(C#CC3CCNCC3)cc21. The van der Waals surface area contributed by atoms with E-state index in [2.05, 4.69) is 32.4 Å². The quantitative estimate of drug-likeness (QED) is 0.407. The third-order valence-corrected chi connectivity index (χ3v) is 6.34. The molecule has 2 aliphatic heterocycles. The Hall–Kier alpha value is -4.49. The highest BCUT2D eigenvalue weighted by atomic mass is 19.1. The van der Waals surface area contributed by atoms with Gasteiger partial charge in [-0.1, -0.05) is 11.8 Å². The summed E-state index contributed by atoms with van der Waals surface area (Å²) in [7, 11) is 1.63. The molecule has 1 unspecified atom stereocenters. The van der Waals surface area contributed by atoms with Gasteiger partial charge in [-0.3, -0.25) is 14.6 Å².